The highest BCUT2D eigenvalue weighted by atomic mass is 35.5. The fourth-order valence-corrected chi connectivity index (χ4v) is 2.53. The smallest absolute Gasteiger partial charge is 0.186 e. The maximum Gasteiger partial charge on any atom is 0.186 e. The first-order valence-corrected chi connectivity index (χ1v) is 6.35. The van der Waals surface area contributed by atoms with Gasteiger partial charge in [-0.15, -0.1) is 11.3 Å². The maximum atomic E-state index is 5.93. The molecule has 0 unspecified atom stereocenters. The van der Waals surface area contributed by atoms with E-state index in [0.717, 1.165) is 22.3 Å². The molecule has 0 aliphatic carbocycles. The van der Waals surface area contributed by atoms with Crippen LogP contribution in [0.5, 0.6) is 0 Å². The zero-order valence-electron chi connectivity index (χ0n) is 8.65. The Bertz CT molecular complexity index is 484. The van der Waals surface area contributed by atoms with E-state index in [9.17, 15) is 0 Å². The molecule has 2 aromatic rings. The first-order chi connectivity index (χ1) is 7.65. The average Bonchev–Trinajstić information content (AvgIpc) is 2.65. The highest BCUT2D eigenvalue weighted by molar-refractivity contribution is 7.14. The summed E-state index contributed by atoms with van der Waals surface area (Å²) in [6.07, 6.45) is 0. The molecule has 0 saturated heterocycles. The molecule has 0 aliphatic rings. The molecule has 2 rings (SSSR count). The van der Waals surface area contributed by atoms with Crippen molar-refractivity contribution >= 4 is 39.7 Å². The van der Waals surface area contributed by atoms with Gasteiger partial charge in [-0.05, 0) is 17.7 Å². The standard InChI is InChI=1S/C11H10Cl2N2S/c1-15(11-14-10(13)7-16-11)6-8-3-2-4-9(12)5-8/h2-5,7H,6H2,1H3. The molecule has 1 aromatic carbocycles. The van der Waals surface area contributed by atoms with Gasteiger partial charge in [-0.3, -0.25) is 0 Å². The molecule has 0 saturated carbocycles. The topological polar surface area (TPSA) is 16.1 Å². The van der Waals surface area contributed by atoms with E-state index in [1.807, 2.05) is 41.6 Å². The second-order valence-corrected chi connectivity index (χ2v) is 5.10. The molecule has 16 heavy (non-hydrogen) atoms. The minimum Gasteiger partial charge on any atom is -0.347 e. The van der Waals surface area contributed by atoms with Crippen molar-refractivity contribution in [3.05, 3.63) is 45.4 Å². The Labute approximate surface area is 108 Å². The van der Waals surface area contributed by atoms with Crippen molar-refractivity contribution in [2.45, 2.75) is 6.54 Å². The summed E-state index contributed by atoms with van der Waals surface area (Å²) in [5.41, 5.74) is 1.15. The quantitative estimate of drug-likeness (QED) is 0.837. The predicted octanol–water partition coefficient (Wildman–Crippen LogP) is 4.09. The van der Waals surface area contributed by atoms with Gasteiger partial charge >= 0.3 is 0 Å². The van der Waals surface area contributed by atoms with E-state index in [2.05, 4.69) is 4.98 Å². The number of nitrogens with zero attached hydrogens (tertiary/aromatic N) is 2. The SMILES string of the molecule is CN(Cc1cccc(Cl)c1)c1nc(Cl)cs1. The van der Waals surface area contributed by atoms with Gasteiger partial charge in [0.25, 0.3) is 0 Å². The van der Waals surface area contributed by atoms with Crippen LogP contribution in [0.15, 0.2) is 29.6 Å². The third kappa shape index (κ3) is 2.88. The van der Waals surface area contributed by atoms with Gasteiger partial charge in [-0.25, -0.2) is 4.98 Å². The summed E-state index contributed by atoms with van der Waals surface area (Å²) in [5.74, 6) is 0. The van der Waals surface area contributed by atoms with Crippen molar-refractivity contribution in [2.24, 2.45) is 0 Å². The van der Waals surface area contributed by atoms with Crippen LogP contribution in [-0.4, -0.2) is 12.0 Å². The number of hydrogen-bond acceptors (Lipinski definition) is 3. The minimum atomic E-state index is 0.540. The molecular formula is C11H10Cl2N2S. The van der Waals surface area contributed by atoms with Gasteiger partial charge in [0, 0.05) is 24.0 Å². The molecule has 0 radical (unpaired) electrons. The largest absolute Gasteiger partial charge is 0.347 e. The first kappa shape index (κ1) is 11.7. The van der Waals surface area contributed by atoms with E-state index in [0.29, 0.717) is 5.15 Å². The number of benzene rings is 1. The molecule has 0 atom stereocenters. The van der Waals surface area contributed by atoms with E-state index in [4.69, 9.17) is 23.2 Å². The van der Waals surface area contributed by atoms with Gasteiger partial charge < -0.3 is 4.90 Å². The van der Waals surface area contributed by atoms with Crippen LogP contribution in [-0.2, 0) is 6.54 Å². The van der Waals surface area contributed by atoms with E-state index in [-0.39, 0.29) is 0 Å². The van der Waals surface area contributed by atoms with Crippen LogP contribution in [0.4, 0.5) is 5.13 Å². The Kier molecular flexibility index (Phi) is 3.69. The maximum absolute atomic E-state index is 5.93. The van der Waals surface area contributed by atoms with Crippen LogP contribution in [0.1, 0.15) is 5.56 Å². The Morgan fingerprint density at radius 1 is 1.38 bits per heavy atom. The van der Waals surface area contributed by atoms with Crippen molar-refractivity contribution in [1.29, 1.82) is 0 Å². The molecule has 0 spiro atoms. The lowest BCUT2D eigenvalue weighted by atomic mass is 10.2. The van der Waals surface area contributed by atoms with E-state index in [1.54, 1.807) is 0 Å². The molecule has 84 valence electrons. The molecule has 1 heterocycles. The number of anilines is 1. The fraction of sp³-hybridized carbons (Fsp3) is 0.182. The van der Waals surface area contributed by atoms with E-state index < -0.39 is 0 Å². The number of thiazole rings is 1. The lowest BCUT2D eigenvalue weighted by Crippen LogP contribution is -2.15. The van der Waals surface area contributed by atoms with Crippen LogP contribution in [0.3, 0.4) is 0 Å². The Hall–Kier alpha value is -0.770. The van der Waals surface area contributed by atoms with Crippen molar-refractivity contribution in [3.63, 3.8) is 0 Å². The summed E-state index contributed by atoms with van der Waals surface area (Å²) in [7, 11) is 1.98. The summed E-state index contributed by atoms with van der Waals surface area (Å²) in [4.78, 5) is 6.25. The average molecular weight is 273 g/mol. The normalized spacial score (nSPS) is 10.4. The highest BCUT2D eigenvalue weighted by Crippen LogP contribution is 2.23. The fourth-order valence-electron chi connectivity index (χ4n) is 1.40. The highest BCUT2D eigenvalue weighted by Gasteiger charge is 2.06. The van der Waals surface area contributed by atoms with Gasteiger partial charge in [0.05, 0.1) is 0 Å². The first-order valence-electron chi connectivity index (χ1n) is 4.72. The Balaban J connectivity index is 2.10. The van der Waals surface area contributed by atoms with E-state index >= 15 is 0 Å². The van der Waals surface area contributed by atoms with Crippen LogP contribution >= 0.6 is 34.5 Å². The van der Waals surface area contributed by atoms with Crippen LogP contribution in [0.2, 0.25) is 10.2 Å². The Morgan fingerprint density at radius 2 is 2.19 bits per heavy atom. The van der Waals surface area contributed by atoms with Crippen LogP contribution < -0.4 is 4.90 Å². The third-order valence-electron chi connectivity index (χ3n) is 2.10. The zero-order valence-corrected chi connectivity index (χ0v) is 11.0. The lowest BCUT2D eigenvalue weighted by Gasteiger charge is -2.15. The minimum absolute atomic E-state index is 0.540. The van der Waals surface area contributed by atoms with Crippen molar-refractivity contribution in [1.82, 2.24) is 4.98 Å². The van der Waals surface area contributed by atoms with Gasteiger partial charge in [-0.2, -0.15) is 0 Å². The lowest BCUT2D eigenvalue weighted by molar-refractivity contribution is 0.915. The summed E-state index contributed by atoms with van der Waals surface area (Å²) < 4.78 is 0. The summed E-state index contributed by atoms with van der Waals surface area (Å²) in [6, 6.07) is 7.80. The molecule has 0 fully saturated rings. The summed E-state index contributed by atoms with van der Waals surface area (Å²) in [6.45, 7) is 0.768. The predicted molar refractivity (Wildman–Crippen MR) is 70.7 cm³/mol. The number of aromatic nitrogens is 1. The van der Waals surface area contributed by atoms with Gasteiger partial charge in [-0.1, -0.05) is 35.3 Å². The van der Waals surface area contributed by atoms with Gasteiger partial charge in [0.15, 0.2) is 5.13 Å². The van der Waals surface area contributed by atoms with E-state index in [1.165, 1.54) is 11.3 Å². The van der Waals surface area contributed by atoms with Crippen LogP contribution in [0, 0.1) is 0 Å². The summed E-state index contributed by atoms with van der Waals surface area (Å²) in [5, 5.41) is 4.02. The van der Waals surface area contributed by atoms with Crippen molar-refractivity contribution < 1.29 is 0 Å². The van der Waals surface area contributed by atoms with Crippen LogP contribution in [0.25, 0.3) is 0 Å². The van der Waals surface area contributed by atoms with Gasteiger partial charge in [0.1, 0.15) is 5.15 Å². The number of rotatable bonds is 3. The number of hydrogen-bond donors (Lipinski definition) is 0. The van der Waals surface area contributed by atoms with Crippen molar-refractivity contribution in [2.75, 3.05) is 11.9 Å². The molecule has 5 heteroatoms. The Morgan fingerprint density at radius 3 is 2.81 bits per heavy atom. The molecule has 0 amide bonds. The second kappa shape index (κ2) is 5.04. The molecule has 0 bridgehead atoms. The monoisotopic (exact) mass is 272 g/mol. The molecule has 1 aromatic heterocycles. The molecule has 2 nitrogen and oxygen atoms in total. The zero-order chi connectivity index (χ0) is 11.5. The van der Waals surface area contributed by atoms with Gasteiger partial charge in [0.2, 0.25) is 0 Å². The summed E-state index contributed by atoms with van der Waals surface area (Å²) >= 11 is 13.2. The molecular weight excluding hydrogens is 263 g/mol. The second-order valence-electron chi connectivity index (χ2n) is 3.44. The third-order valence-corrected chi connectivity index (χ3v) is 3.61. The van der Waals surface area contributed by atoms with Crippen molar-refractivity contribution in [3.8, 4) is 0 Å². The number of halogens is 2. The molecule has 0 aliphatic heterocycles. The molecule has 0 N–H and O–H groups in total.